The van der Waals surface area contributed by atoms with Gasteiger partial charge in [-0.2, -0.15) is 0 Å². The number of fused-ring (bicyclic) bond motifs is 1. The molecule has 0 bridgehead atoms. The molecule has 1 amide bonds. The summed E-state index contributed by atoms with van der Waals surface area (Å²) in [5, 5.41) is 6.91. The zero-order chi connectivity index (χ0) is 19.8. The number of benzene rings is 2. The summed E-state index contributed by atoms with van der Waals surface area (Å²) in [6.07, 6.45) is 1.30. The Hall–Kier alpha value is -3.20. The molecule has 2 aromatic carbocycles. The Morgan fingerprint density at radius 1 is 1.11 bits per heavy atom. The van der Waals surface area contributed by atoms with Crippen LogP contribution >= 0.6 is 0 Å². The number of amides is 1. The highest BCUT2D eigenvalue weighted by molar-refractivity contribution is 6.06. The second kappa shape index (κ2) is 7.08. The Bertz CT molecular complexity index is 1070. The van der Waals surface area contributed by atoms with Gasteiger partial charge in [0.2, 0.25) is 0 Å². The fraction of sp³-hybridized carbons (Fsp3) is 0.211. The molecular formula is C19H16F3N5O. The van der Waals surface area contributed by atoms with Gasteiger partial charge < -0.3 is 16.4 Å². The number of nitrogens with zero attached hydrogens (tertiary/aromatic N) is 2. The van der Waals surface area contributed by atoms with Crippen LogP contribution < -0.4 is 16.4 Å². The van der Waals surface area contributed by atoms with Crippen LogP contribution in [0.4, 0.5) is 19.0 Å². The van der Waals surface area contributed by atoms with Gasteiger partial charge in [0.15, 0.2) is 17.5 Å². The summed E-state index contributed by atoms with van der Waals surface area (Å²) in [7, 11) is 0. The van der Waals surface area contributed by atoms with E-state index in [-0.39, 0.29) is 17.2 Å². The lowest BCUT2D eigenvalue weighted by Crippen LogP contribution is -2.28. The third-order valence-electron chi connectivity index (χ3n) is 4.93. The largest absolute Gasteiger partial charge is 0.366 e. The highest BCUT2D eigenvalue weighted by Crippen LogP contribution is 2.31. The average Bonchev–Trinajstić information content (AvgIpc) is 3.14. The monoisotopic (exact) mass is 387 g/mol. The predicted molar refractivity (Wildman–Crippen MR) is 97.4 cm³/mol. The number of nitrogens with two attached hydrogens (primary N) is 1. The Morgan fingerprint density at radius 2 is 1.93 bits per heavy atom. The van der Waals surface area contributed by atoms with Gasteiger partial charge in [0.1, 0.15) is 12.1 Å². The van der Waals surface area contributed by atoms with E-state index in [1.165, 1.54) is 12.4 Å². The first-order valence-electron chi connectivity index (χ1n) is 8.61. The van der Waals surface area contributed by atoms with E-state index in [1.807, 2.05) is 0 Å². The van der Waals surface area contributed by atoms with Crippen molar-refractivity contribution in [1.82, 2.24) is 15.3 Å². The Balaban J connectivity index is 1.70. The van der Waals surface area contributed by atoms with Gasteiger partial charge in [0.05, 0.1) is 11.1 Å². The van der Waals surface area contributed by atoms with E-state index in [1.54, 1.807) is 18.2 Å². The molecule has 4 N–H and O–H groups in total. The van der Waals surface area contributed by atoms with E-state index in [2.05, 4.69) is 20.6 Å². The molecule has 0 saturated carbocycles. The summed E-state index contributed by atoms with van der Waals surface area (Å²) >= 11 is 0. The summed E-state index contributed by atoms with van der Waals surface area (Å²) in [4.78, 5) is 20.0. The predicted octanol–water partition coefficient (Wildman–Crippen LogP) is 2.31. The van der Waals surface area contributed by atoms with Crippen LogP contribution in [-0.2, 0) is 0 Å². The van der Waals surface area contributed by atoms with Crippen molar-refractivity contribution in [2.75, 3.05) is 18.4 Å². The number of aromatic nitrogens is 2. The van der Waals surface area contributed by atoms with Crippen molar-refractivity contribution in [2.45, 2.75) is 12.0 Å². The minimum absolute atomic E-state index is 0.0811. The number of nitrogens with one attached hydrogen (secondary N) is 2. The number of hydrogen-bond donors (Lipinski definition) is 3. The molecule has 144 valence electrons. The second-order valence-corrected chi connectivity index (χ2v) is 6.57. The van der Waals surface area contributed by atoms with Crippen molar-refractivity contribution < 1.29 is 18.0 Å². The highest BCUT2D eigenvalue weighted by atomic mass is 19.2. The van der Waals surface area contributed by atoms with E-state index >= 15 is 0 Å². The maximum Gasteiger partial charge on any atom is 0.250 e. The van der Waals surface area contributed by atoms with E-state index < -0.39 is 29.3 Å². The molecule has 28 heavy (non-hydrogen) atoms. The van der Waals surface area contributed by atoms with Crippen LogP contribution in [0.1, 0.15) is 21.8 Å². The lowest BCUT2D eigenvalue weighted by atomic mass is 9.93. The Labute approximate surface area is 158 Å². The van der Waals surface area contributed by atoms with Crippen LogP contribution in [-0.4, -0.2) is 35.0 Å². The van der Waals surface area contributed by atoms with E-state index in [9.17, 15) is 18.0 Å². The fourth-order valence-electron chi connectivity index (χ4n) is 3.56. The SMILES string of the molecule is NC(=O)c1cccc2c(NC3CNCC3c3ccc(F)c(F)c3F)ncnc12. The third kappa shape index (κ3) is 3.03. The number of carbonyl (C=O) groups excluding carboxylic acids is 1. The topological polar surface area (TPSA) is 92.9 Å². The standard InChI is InChI=1S/C19H16F3N5O/c20-13-5-4-9(15(21)16(13)22)12-6-24-7-14(12)27-19-11-3-1-2-10(18(23)28)17(11)25-8-26-19/h1-5,8,12,14,24H,6-7H2,(H2,23,28)(H,25,26,27). The molecule has 1 aliphatic rings. The van der Waals surface area contributed by atoms with Gasteiger partial charge in [-0.15, -0.1) is 0 Å². The number of halogens is 3. The molecule has 1 saturated heterocycles. The Kier molecular flexibility index (Phi) is 4.60. The van der Waals surface area contributed by atoms with Crippen LogP contribution in [0.2, 0.25) is 0 Å². The number of para-hydroxylation sites is 1. The summed E-state index contributed by atoms with van der Waals surface area (Å²) in [5.41, 5.74) is 6.14. The number of hydrogen-bond acceptors (Lipinski definition) is 5. The second-order valence-electron chi connectivity index (χ2n) is 6.57. The molecule has 9 heteroatoms. The van der Waals surface area contributed by atoms with Crippen molar-refractivity contribution in [3.05, 3.63) is 65.2 Å². The van der Waals surface area contributed by atoms with Crippen LogP contribution in [0.25, 0.3) is 10.9 Å². The molecule has 3 aromatic rings. The lowest BCUT2D eigenvalue weighted by molar-refractivity contribution is 0.100. The number of rotatable bonds is 4. The molecule has 1 aliphatic heterocycles. The van der Waals surface area contributed by atoms with E-state index in [4.69, 9.17) is 5.73 Å². The molecule has 2 heterocycles. The molecule has 1 fully saturated rings. The van der Waals surface area contributed by atoms with Gasteiger partial charge in [-0.05, 0) is 23.8 Å². The molecule has 2 atom stereocenters. The van der Waals surface area contributed by atoms with Crippen molar-refractivity contribution in [3.63, 3.8) is 0 Å². The van der Waals surface area contributed by atoms with Gasteiger partial charge in [-0.3, -0.25) is 4.79 Å². The quantitative estimate of drug-likeness (QED) is 0.598. The minimum Gasteiger partial charge on any atom is -0.366 e. The molecule has 0 aliphatic carbocycles. The molecule has 1 aromatic heterocycles. The van der Waals surface area contributed by atoms with Crippen LogP contribution in [0, 0.1) is 17.5 Å². The van der Waals surface area contributed by atoms with Crippen LogP contribution in [0.5, 0.6) is 0 Å². The minimum atomic E-state index is -1.48. The van der Waals surface area contributed by atoms with Crippen molar-refractivity contribution in [1.29, 1.82) is 0 Å². The van der Waals surface area contributed by atoms with Crippen molar-refractivity contribution in [3.8, 4) is 0 Å². The molecule has 0 radical (unpaired) electrons. The number of primary amides is 1. The molecular weight excluding hydrogens is 371 g/mol. The zero-order valence-corrected chi connectivity index (χ0v) is 14.5. The average molecular weight is 387 g/mol. The normalized spacial score (nSPS) is 19.1. The number of anilines is 1. The summed E-state index contributed by atoms with van der Waals surface area (Å²) in [6.45, 7) is 0.847. The van der Waals surface area contributed by atoms with Gasteiger partial charge in [0, 0.05) is 30.4 Å². The van der Waals surface area contributed by atoms with E-state index in [0.29, 0.717) is 29.8 Å². The number of carbonyl (C=O) groups is 1. The zero-order valence-electron chi connectivity index (χ0n) is 14.5. The van der Waals surface area contributed by atoms with E-state index in [0.717, 1.165) is 6.07 Å². The summed E-state index contributed by atoms with van der Waals surface area (Å²) < 4.78 is 41.2. The highest BCUT2D eigenvalue weighted by Gasteiger charge is 2.32. The maximum atomic E-state index is 14.3. The molecule has 0 spiro atoms. The fourth-order valence-corrected chi connectivity index (χ4v) is 3.56. The first-order valence-corrected chi connectivity index (χ1v) is 8.61. The van der Waals surface area contributed by atoms with Crippen LogP contribution in [0.15, 0.2) is 36.7 Å². The first kappa shape index (κ1) is 18.2. The summed E-state index contributed by atoms with van der Waals surface area (Å²) in [5.74, 6) is -4.52. The van der Waals surface area contributed by atoms with Crippen molar-refractivity contribution in [2.24, 2.45) is 5.73 Å². The van der Waals surface area contributed by atoms with Crippen molar-refractivity contribution >= 4 is 22.6 Å². The summed E-state index contributed by atoms with van der Waals surface area (Å²) in [6, 6.07) is 6.80. The van der Waals surface area contributed by atoms with Gasteiger partial charge in [-0.25, -0.2) is 23.1 Å². The molecule has 2 unspecified atom stereocenters. The molecule has 4 rings (SSSR count). The van der Waals surface area contributed by atoms with Gasteiger partial charge >= 0.3 is 0 Å². The lowest BCUT2D eigenvalue weighted by Gasteiger charge is -2.22. The maximum absolute atomic E-state index is 14.3. The Morgan fingerprint density at radius 3 is 2.71 bits per heavy atom. The smallest absolute Gasteiger partial charge is 0.250 e. The van der Waals surface area contributed by atoms with Gasteiger partial charge in [0.25, 0.3) is 5.91 Å². The first-order chi connectivity index (χ1) is 13.5. The third-order valence-corrected chi connectivity index (χ3v) is 4.93. The van der Waals surface area contributed by atoms with Gasteiger partial charge in [-0.1, -0.05) is 12.1 Å². The molecule has 6 nitrogen and oxygen atoms in total. The van der Waals surface area contributed by atoms with Crippen LogP contribution in [0.3, 0.4) is 0 Å².